The number of rotatable bonds is 11. The third-order valence-corrected chi connectivity index (χ3v) is 4.36. The molecule has 1 saturated heterocycles. The van der Waals surface area contributed by atoms with Gasteiger partial charge in [-0.15, -0.1) is 0 Å². The van der Waals surface area contributed by atoms with Crippen LogP contribution in [0.25, 0.3) is 0 Å². The van der Waals surface area contributed by atoms with E-state index in [9.17, 15) is 5.11 Å². The van der Waals surface area contributed by atoms with Crippen molar-refractivity contribution >= 4 is 0 Å². The molecule has 19 heavy (non-hydrogen) atoms. The molecule has 0 aromatic carbocycles. The van der Waals surface area contributed by atoms with E-state index in [-0.39, 0.29) is 0 Å². The molecular weight excluding hydrogens is 234 g/mol. The van der Waals surface area contributed by atoms with E-state index >= 15 is 0 Å². The molecule has 0 bridgehead atoms. The second kappa shape index (κ2) is 9.77. The minimum absolute atomic E-state index is 0.418. The lowest BCUT2D eigenvalue weighted by molar-refractivity contribution is 0.0686. The smallest absolute Gasteiger partial charge is 0.0758 e. The number of β-amino-alcohol motifs (C(OH)–C–C–N with tert-alkyl or cyclic N) is 1. The first-order valence-corrected chi connectivity index (χ1v) is 8.59. The number of aliphatic hydroxyl groups is 1. The fourth-order valence-electron chi connectivity index (χ4n) is 3.05. The lowest BCUT2D eigenvalue weighted by Crippen LogP contribution is -2.30. The zero-order valence-electron chi connectivity index (χ0n) is 13.3. The maximum atomic E-state index is 9.88. The molecule has 1 aliphatic rings. The highest BCUT2D eigenvalue weighted by atomic mass is 16.3. The third-order valence-electron chi connectivity index (χ3n) is 4.36. The fraction of sp³-hybridized carbons (Fsp3) is 1.00. The minimum Gasteiger partial charge on any atom is -0.389 e. The summed E-state index contributed by atoms with van der Waals surface area (Å²) in [4.78, 5) is 2.42. The summed E-state index contributed by atoms with van der Waals surface area (Å²) in [6, 6.07) is 0. The van der Waals surface area contributed by atoms with E-state index in [1.54, 1.807) is 0 Å². The Morgan fingerprint density at radius 1 is 0.895 bits per heavy atom. The highest BCUT2D eigenvalue weighted by Gasteiger charge is 2.30. The number of unbranched alkanes of at least 4 members (excludes halogenated alkanes) is 9. The largest absolute Gasteiger partial charge is 0.389 e. The summed E-state index contributed by atoms with van der Waals surface area (Å²) in [6.07, 6.45) is 15.0. The van der Waals surface area contributed by atoms with Crippen molar-refractivity contribution in [3.8, 4) is 0 Å². The van der Waals surface area contributed by atoms with Crippen LogP contribution in [-0.2, 0) is 0 Å². The second-order valence-electron chi connectivity index (χ2n) is 6.71. The standard InChI is InChI=1S/C17H35NO/c1-3-4-5-6-7-8-9-10-11-12-14-18-15-13-17(2,19)16-18/h19H,3-16H2,1-2H3. The van der Waals surface area contributed by atoms with Gasteiger partial charge in [0, 0.05) is 13.1 Å². The molecule has 1 heterocycles. The van der Waals surface area contributed by atoms with Gasteiger partial charge in [0.05, 0.1) is 5.60 Å². The van der Waals surface area contributed by atoms with E-state index in [0.29, 0.717) is 0 Å². The van der Waals surface area contributed by atoms with Crippen molar-refractivity contribution < 1.29 is 5.11 Å². The van der Waals surface area contributed by atoms with Gasteiger partial charge in [-0.2, -0.15) is 0 Å². The zero-order chi connectivity index (χ0) is 14.0. The number of likely N-dealkylation sites (tertiary alicyclic amines) is 1. The van der Waals surface area contributed by atoms with Gasteiger partial charge in [0.1, 0.15) is 0 Å². The van der Waals surface area contributed by atoms with Gasteiger partial charge in [-0.05, 0) is 26.3 Å². The summed E-state index contributed by atoms with van der Waals surface area (Å²) in [6.45, 7) is 7.40. The Hall–Kier alpha value is -0.0800. The molecule has 1 N–H and O–H groups in total. The van der Waals surface area contributed by atoms with Crippen LogP contribution in [0.2, 0.25) is 0 Å². The highest BCUT2D eigenvalue weighted by molar-refractivity contribution is 4.85. The fourth-order valence-corrected chi connectivity index (χ4v) is 3.05. The molecule has 0 aromatic rings. The van der Waals surface area contributed by atoms with Crippen molar-refractivity contribution in [2.45, 2.75) is 90.1 Å². The van der Waals surface area contributed by atoms with E-state index in [4.69, 9.17) is 0 Å². The van der Waals surface area contributed by atoms with Crippen molar-refractivity contribution in [1.82, 2.24) is 4.90 Å². The molecule has 0 saturated carbocycles. The van der Waals surface area contributed by atoms with Crippen LogP contribution in [0.3, 0.4) is 0 Å². The van der Waals surface area contributed by atoms with Crippen molar-refractivity contribution in [3.63, 3.8) is 0 Å². The van der Waals surface area contributed by atoms with Crippen LogP contribution >= 0.6 is 0 Å². The Morgan fingerprint density at radius 3 is 1.89 bits per heavy atom. The van der Waals surface area contributed by atoms with Crippen LogP contribution in [0, 0.1) is 0 Å². The molecule has 1 atom stereocenters. The predicted octanol–water partition coefficient (Wildman–Crippen LogP) is 4.36. The van der Waals surface area contributed by atoms with E-state index < -0.39 is 5.60 Å². The van der Waals surface area contributed by atoms with Crippen molar-refractivity contribution in [2.75, 3.05) is 19.6 Å². The summed E-state index contributed by atoms with van der Waals surface area (Å²) in [5.74, 6) is 0. The van der Waals surface area contributed by atoms with Gasteiger partial charge in [-0.25, -0.2) is 0 Å². The number of hydrogen-bond donors (Lipinski definition) is 1. The SMILES string of the molecule is CCCCCCCCCCCCN1CCC(C)(O)C1. The normalized spacial score (nSPS) is 24.2. The van der Waals surface area contributed by atoms with E-state index in [0.717, 1.165) is 19.5 Å². The van der Waals surface area contributed by atoms with Crippen molar-refractivity contribution in [3.05, 3.63) is 0 Å². The first-order chi connectivity index (χ1) is 9.14. The quantitative estimate of drug-likeness (QED) is 0.563. The van der Waals surface area contributed by atoms with Crippen molar-refractivity contribution in [2.24, 2.45) is 0 Å². The molecular formula is C17H35NO. The predicted molar refractivity (Wildman–Crippen MR) is 83.5 cm³/mol. The van der Waals surface area contributed by atoms with Crippen molar-refractivity contribution in [1.29, 1.82) is 0 Å². The van der Waals surface area contributed by atoms with Gasteiger partial charge < -0.3 is 10.0 Å². The van der Waals surface area contributed by atoms with Gasteiger partial charge >= 0.3 is 0 Å². The second-order valence-corrected chi connectivity index (χ2v) is 6.71. The van der Waals surface area contributed by atoms with Gasteiger partial charge in [0.15, 0.2) is 0 Å². The van der Waals surface area contributed by atoms with E-state index in [1.165, 1.54) is 70.8 Å². The highest BCUT2D eigenvalue weighted by Crippen LogP contribution is 2.20. The van der Waals surface area contributed by atoms with Gasteiger partial charge in [-0.1, -0.05) is 64.7 Å². The molecule has 0 amide bonds. The molecule has 1 unspecified atom stereocenters. The Bertz CT molecular complexity index is 215. The van der Waals surface area contributed by atoms with Crippen LogP contribution in [0.4, 0.5) is 0 Å². The van der Waals surface area contributed by atoms with Crippen LogP contribution in [0.5, 0.6) is 0 Å². The van der Waals surface area contributed by atoms with Crippen LogP contribution in [0.1, 0.15) is 84.5 Å². The van der Waals surface area contributed by atoms with Gasteiger partial charge in [-0.3, -0.25) is 0 Å². The molecule has 0 aliphatic carbocycles. The Kier molecular flexibility index (Phi) is 8.72. The Balaban J connectivity index is 1.79. The minimum atomic E-state index is -0.418. The monoisotopic (exact) mass is 269 g/mol. The Labute approximate surface area is 120 Å². The summed E-state index contributed by atoms with van der Waals surface area (Å²) in [5, 5.41) is 9.88. The topological polar surface area (TPSA) is 23.5 Å². The lowest BCUT2D eigenvalue weighted by atomic mass is 10.1. The number of hydrogen-bond acceptors (Lipinski definition) is 2. The first-order valence-electron chi connectivity index (χ1n) is 8.59. The maximum Gasteiger partial charge on any atom is 0.0758 e. The average Bonchev–Trinajstić information content (AvgIpc) is 2.71. The molecule has 1 aliphatic heterocycles. The van der Waals surface area contributed by atoms with Gasteiger partial charge in [0.2, 0.25) is 0 Å². The van der Waals surface area contributed by atoms with Crippen LogP contribution in [0.15, 0.2) is 0 Å². The molecule has 1 rings (SSSR count). The van der Waals surface area contributed by atoms with Crippen LogP contribution in [-0.4, -0.2) is 35.2 Å². The molecule has 0 aromatic heterocycles. The average molecular weight is 269 g/mol. The van der Waals surface area contributed by atoms with E-state index in [2.05, 4.69) is 11.8 Å². The molecule has 1 fully saturated rings. The molecule has 114 valence electrons. The third kappa shape index (κ3) is 8.65. The summed E-state index contributed by atoms with van der Waals surface area (Å²) >= 11 is 0. The molecule has 0 spiro atoms. The molecule has 2 heteroatoms. The number of nitrogens with zero attached hydrogens (tertiary/aromatic N) is 1. The van der Waals surface area contributed by atoms with Gasteiger partial charge in [0.25, 0.3) is 0 Å². The first kappa shape index (κ1) is 17.0. The van der Waals surface area contributed by atoms with E-state index in [1.807, 2.05) is 6.92 Å². The van der Waals surface area contributed by atoms with Crippen LogP contribution < -0.4 is 0 Å². The Morgan fingerprint density at radius 2 is 1.42 bits per heavy atom. The summed E-state index contributed by atoms with van der Waals surface area (Å²) < 4.78 is 0. The molecule has 2 nitrogen and oxygen atoms in total. The maximum absolute atomic E-state index is 9.88. The molecule has 0 radical (unpaired) electrons. The summed E-state index contributed by atoms with van der Waals surface area (Å²) in [5.41, 5.74) is -0.418. The summed E-state index contributed by atoms with van der Waals surface area (Å²) in [7, 11) is 0. The lowest BCUT2D eigenvalue weighted by Gasteiger charge is -2.18. The zero-order valence-corrected chi connectivity index (χ0v) is 13.3.